The van der Waals surface area contributed by atoms with E-state index in [1.54, 1.807) is 11.8 Å². The molecule has 0 aromatic heterocycles. The summed E-state index contributed by atoms with van der Waals surface area (Å²) in [6, 6.07) is 16.6. The van der Waals surface area contributed by atoms with Gasteiger partial charge in [0.2, 0.25) is 0 Å². The molecule has 1 aliphatic rings. The molecular weight excluding hydrogens is 376 g/mol. The Labute approximate surface area is 171 Å². The summed E-state index contributed by atoms with van der Waals surface area (Å²) < 4.78 is 12.0. The van der Waals surface area contributed by atoms with Crippen molar-refractivity contribution in [3.8, 4) is 11.5 Å². The van der Waals surface area contributed by atoms with Crippen LogP contribution in [0, 0.1) is 0 Å². The van der Waals surface area contributed by atoms with E-state index in [1.165, 1.54) is 11.1 Å². The van der Waals surface area contributed by atoms with E-state index in [-0.39, 0.29) is 11.5 Å². The predicted molar refractivity (Wildman–Crippen MR) is 116 cm³/mol. The Hall–Kier alpha value is -1.76. The lowest BCUT2D eigenvalue weighted by Gasteiger charge is -2.46. The van der Waals surface area contributed by atoms with Crippen molar-refractivity contribution in [1.29, 1.82) is 0 Å². The van der Waals surface area contributed by atoms with Gasteiger partial charge in [0, 0.05) is 7.05 Å². The van der Waals surface area contributed by atoms with Gasteiger partial charge in [-0.2, -0.15) is 0 Å². The molecule has 1 fully saturated rings. The van der Waals surface area contributed by atoms with Gasteiger partial charge in [-0.3, -0.25) is 4.90 Å². The Balaban J connectivity index is 1.86. The third-order valence-corrected chi connectivity index (χ3v) is 6.48. The number of nitrogens with zero attached hydrogens (tertiary/aromatic N) is 2. The van der Waals surface area contributed by atoms with Gasteiger partial charge in [0.15, 0.2) is 0 Å². The fourth-order valence-electron chi connectivity index (χ4n) is 3.32. The highest BCUT2D eigenvalue weighted by Crippen LogP contribution is 2.45. The zero-order chi connectivity index (χ0) is 19.4. The van der Waals surface area contributed by atoms with Crippen molar-refractivity contribution < 1.29 is 9.47 Å². The summed E-state index contributed by atoms with van der Waals surface area (Å²) in [5.41, 5.74) is 2.42. The zero-order valence-corrected chi connectivity index (χ0v) is 17.8. The molecule has 2 atom stereocenters. The number of hydrogen-bond acceptors (Lipinski definition) is 5. The molecule has 1 saturated heterocycles. The molecule has 144 valence electrons. The molecule has 0 bridgehead atoms. The number of thiocarbonyl (C=S) groups is 1. The summed E-state index contributed by atoms with van der Waals surface area (Å²) in [5.74, 6) is 1.79. The lowest BCUT2D eigenvalue weighted by molar-refractivity contribution is 0.122. The summed E-state index contributed by atoms with van der Waals surface area (Å²) in [5, 5.41) is 0.154. The van der Waals surface area contributed by atoms with Crippen molar-refractivity contribution in [3.05, 3.63) is 59.7 Å². The quantitative estimate of drug-likeness (QED) is 0.625. The Morgan fingerprint density at radius 2 is 1.33 bits per heavy atom. The van der Waals surface area contributed by atoms with Gasteiger partial charge in [0.05, 0.1) is 18.6 Å². The highest BCUT2D eigenvalue weighted by atomic mass is 32.2. The molecule has 1 aliphatic heterocycles. The minimum Gasteiger partial charge on any atom is -0.494 e. The molecule has 0 radical (unpaired) electrons. The van der Waals surface area contributed by atoms with Crippen molar-refractivity contribution >= 4 is 28.3 Å². The van der Waals surface area contributed by atoms with Gasteiger partial charge in [-0.15, -0.1) is 0 Å². The topological polar surface area (TPSA) is 24.9 Å². The Bertz CT molecular complexity index is 765. The third kappa shape index (κ3) is 4.39. The molecule has 3 rings (SSSR count). The standard InChI is InChI=1S/C21H26N2O2S2/c1-5-24-17-11-7-15(8-12-17)19-22(3)20(27-21(26)23(19)4)16-9-13-18(14-10-16)25-6-2/h7-14,19-20H,5-6H2,1-4H3. The van der Waals surface area contributed by atoms with Crippen LogP contribution in [0.1, 0.15) is 36.5 Å². The monoisotopic (exact) mass is 402 g/mol. The lowest BCUT2D eigenvalue weighted by atomic mass is 10.1. The van der Waals surface area contributed by atoms with Gasteiger partial charge in [-0.25, -0.2) is 0 Å². The average Bonchev–Trinajstić information content (AvgIpc) is 2.67. The maximum absolute atomic E-state index is 5.68. The van der Waals surface area contributed by atoms with E-state index < -0.39 is 0 Å². The molecule has 0 amide bonds. The summed E-state index contributed by atoms with van der Waals surface area (Å²) in [4.78, 5) is 4.51. The van der Waals surface area contributed by atoms with Crippen LogP contribution < -0.4 is 9.47 Å². The van der Waals surface area contributed by atoms with Crippen LogP contribution in [0.2, 0.25) is 0 Å². The van der Waals surface area contributed by atoms with Crippen LogP contribution in [-0.4, -0.2) is 41.4 Å². The van der Waals surface area contributed by atoms with Crippen molar-refractivity contribution in [1.82, 2.24) is 9.80 Å². The first-order chi connectivity index (χ1) is 13.0. The van der Waals surface area contributed by atoms with E-state index in [1.807, 2.05) is 38.1 Å². The Morgan fingerprint density at radius 1 is 0.852 bits per heavy atom. The first-order valence-corrected chi connectivity index (χ1v) is 10.4. The maximum Gasteiger partial charge on any atom is 0.139 e. The van der Waals surface area contributed by atoms with Crippen molar-refractivity contribution in [2.45, 2.75) is 25.4 Å². The van der Waals surface area contributed by atoms with Crippen LogP contribution in [-0.2, 0) is 0 Å². The van der Waals surface area contributed by atoms with Gasteiger partial charge < -0.3 is 14.4 Å². The van der Waals surface area contributed by atoms with Gasteiger partial charge in [-0.05, 0) is 56.3 Å². The number of hydrogen-bond donors (Lipinski definition) is 0. The van der Waals surface area contributed by atoms with E-state index in [2.05, 4.69) is 48.2 Å². The SMILES string of the molecule is CCOc1ccc(C2SC(=S)N(C)C(c3ccc(OCC)cc3)N2C)cc1. The van der Waals surface area contributed by atoms with E-state index in [0.717, 1.165) is 15.8 Å². The minimum atomic E-state index is 0.0750. The molecule has 6 heteroatoms. The lowest BCUT2D eigenvalue weighted by Crippen LogP contribution is -2.45. The predicted octanol–water partition coefficient (Wildman–Crippen LogP) is 5.08. The maximum atomic E-state index is 5.68. The fraction of sp³-hybridized carbons (Fsp3) is 0.381. The second-order valence-corrected chi connectivity index (χ2v) is 8.10. The van der Waals surface area contributed by atoms with Gasteiger partial charge >= 0.3 is 0 Å². The molecule has 0 saturated carbocycles. The molecule has 0 spiro atoms. The average molecular weight is 403 g/mol. The molecule has 0 aliphatic carbocycles. The van der Waals surface area contributed by atoms with Crippen LogP contribution in [0.4, 0.5) is 0 Å². The van der Waals surface area contributed by atoms with Crippen LogP contribution in [0.25, 0.3) is 0 Å². The molecule has 0 N–H and O–H groups in total. The largest absolute Gasteiger partial charge is 0.494 e. The molecule has 1 heterocycles. The van der Waals surface area contributed by atoms with Gasteiger partial charge in [-0.1, -0.05) is 48.2 Å². The third-order valence-electron chi connectivity index (χ3n) is 4.59. The van der Waals surface area contributed by atoms with E-state index in [0.29, 0.717) is 13.2 Å². The number of ether oxygens (including phenoxy) is 2. The molecule has 2 aromatic carbocycles. The molecule has 4 nitrogen and oxygen atoms in total. The van der Waals surface area contributed by atoms with Gasteiger partial charge in [0.25, 0.3) is 0 Å². The fourth-order valence-corrected chi connectivity index (χ4v) is 4.73. The number of rotatable bonds is 6. The highest BCUT2D eigenvalue weighted by Gasteiger charge is 2.36. The van der Waals surface area contributed by atoms with Gasteiger partial charge in [0.1, 0.15) is 22.0 Å². The van der Waals surface area contributed by atoms with Crippen LogP contribution in [0.15, 0.2) is 48.5 Å². The second kappa shape index (κ2) is 8.95. The smallest absolute Gasteiger partial charge is 0.139 e. The minimum absolute atomic E-state index is 0.0750. The normalized spacial score (nSPS) is 20.6. The second-order valence-electron chi connectivity index (χ2n) is 6.39. The molecule has 2 aromatic rings. The first-order valence-electron chi connectivity index (χ1n) is 9.16. The van der Waals surface area contributed by atoms with Crippen LogP contribution in [0.3, 0.4) is 0 Å². The van der Waals surface area contributed by atoms with Crippen LogP contribution in [0.5, 0.6) is 11.5 Å². The summed E-state index contributed by atoms with van der Waals surface area (Å²) in [6.45, 7) is 5.33. The summed E-state index contributed by atoms with van der Waals surface area (Å²) in [7, 11) is 4.20. The van der Waals surface area contributed by atoms with Crippen molar-refractivity contribution in [3.63, 3.8) is 0 Å². The van der Waals surface area contributed by atoms with Crippen molar-refractivity contribution in [2.24, 2.45) is 0 Å². The van der Waals surface area contributed by atoms with E-state index in [4.69, 9.17) is 21.7 Å². The summed E-state index contributed by atoms with van der Waals surface area (Å²) >= 11 is 7.39. The summed E-state index contributed by atoms with van der Waals surface area (Å²) in [6.07, 6.45) is 0.0750. The van der Waals surface area contributed by atoms with E-state index >= 15 is 0 Å². The van der Waals surface area contributed by atoms with Crippen molar-refractivity contribution in [2.75, 3.05) is 27.3 Å². The molecular formula is C21H26N2O2S2. The van der Waals surface area contributed by atoms with Crippen LogP contribution >= 0.6 is 24.0 Å². The number of benzene rings is 2. The first kappa shape index (κ1) is 20.0. The zero-order valence-electron chi connectivity index (χ0n) is 16.2. The highest BCUT2D eigenvalue weighted by molar-refractivity contribution is 8.23. The molecule has 2 unspecified atom stereocenters. The van der Waals surface area contributed by atoms with E-state index in [9.17, 15) is 0 Å². The number of thioether (sulfide) groups is 1. The Kier molecular flexibility index (Phi) is 6.63. The Morgan fingerprint density at radius 3 is 1.81 bits per heavy atom. The molecule has 27 heavy (non-hydrogen) atoms.